The van der Waals surface area contributed by atoms with E-state index in [0.29, 0.717) is 19.4 Å². The molecule has 5 heteroatoms. The maximum atomic E-state index is 12.3. The van der Waals surface area contributed by atoms with E-state index in [9.17, 15) is 14.7 Å². The summed E-state index contributed by atoms with van der Waals surface area (Å²) in [6, 6.07) is 0.0293. The summed E-state index contributed by atoms with van der Waals surface area (Å²) in [4.78, 5) is 25.8. The van der Waals surface area contributed by atoms with Gasteiger partial charge in [0, 0.05) is 19.1 Å². The molecule has 0 saturated heterocycles. The van der Waals surface area contributed by atoms with Crippen molar-refractivity contribution in [2.75, 3.05) is 13.1 Å². The zero-order chi connectivity index (χ0) is 15.9. The minimum atomic E-state index is -0.777. The number of amides is 2. The molecule has 0 aromatic rings. The van der Waals surface area contributed by atoms with Crippen LogP contribution in [0.25, 0.3) is 0 Å². The molecule has 1 saturated carbocycles. The van der Waals surface area contributed by atoms with Crippen LogP contribution in [0.1, 0.15) is 65.7 Å². The lowest BCUT2D eigenvalue weighted by Gasteiger charge is -2.32. The van der Waals surface area contributed by atoms with Gasteiger partial charge in [-0.1, -0.05) is 32.6 Å². The highest BCUT2D eigenvalue weighted by atomic mass is 16.4. The number of aliphatic carboxylic acids is 1. The van der Waals surface area contributed by atoms with E-state index < -0.39 is 11.4 Å². The molecule has 5 nitrogen and oxygen atoms in total. The SMILES string of the molecule is CCC(C)N(CC)C(=O)NCC1(C(=O)O)CCCCCC1. The average molecular weight is 298 g/mol. The third-order valence-corrected chi connectivity index (χ3v) is 4.82. The fourth-order valence-electron chi connectivity index (χ4n) is 3.09. The van der Waals surface area contributed by atoms with Crippen LogP contribution in [-0.2, 0) is 4.79 Å². The lowest BCUT2D eigenvalue weighted by molar-refractivity contribution is -0.149. The molecule has 122 valence electrons. The van der Waals surface area contributed by atoms with Crippen molar-refractivity contribution in [3.63, 3.8) is 0 Å². The number of nitrogens with zero attached hydrogens (tertiary/aromatic N) is 1. The quantitative estimate of drug-likeness (QED) is 0.740. The van der Waals surface area contributed by atoms with Crippen LogP contribution in [0.5, 0.6) is 0 Å². The summed E-state index contributed by atoms with van der Waals surface area (Å²) in [7, 11) is 0. The minimum absolute atomic E-state index is 0.142. The smallest absolute Gasteiger partial charge is 0.317 e. The summed E-state index contributed by atoms with van der Waals surface area (Å²) in [5.74, 6) is -0.767. The Bertz CT molecular complexity index is 349. The van der Waals surface area contributed by atoms with Crippen molar-refractivity contribution in [2.24, 2.45) is 5.41 Å². The Labute approximate surface area is 128 Å². The topological polar surface area (TPSA) is 69.6 Å². The first-order chi connectivity index (χ1) is 9.96. The van der Waals surface area contributed by atoms with Crippen LogP contribution in [0.3, 0.4) is 0 Å². The van der Waals surface area contributed by atoms with Gasteiger partial charge in [-0.2, -0.15) is 0 Å². The molecule has 0 aromatic carbocycles. The zero-order valence-corrected chi connectivity index (χ0v) is 13.7. The summed E-state index contributed by atoms with van der Waals surface area (Å²) < 4.78 is 0. The molecule has 1 fully saturated rings. The summed E-state index contributed by atoms with van der Waals surface area (Å²) in [5.41, 5.74) is -0.777. The third kappa shape index (κ3) is 4.61. The zero-order valence-electron chi connectivity index (χ0n) is 13.7. The van der Waals surface area contributed by atoms with Crippen LogP contribution in [0, 0.1) is 5.41 Å². The molecule has 2 N–H and O–H groups in total. The maximum Gasteiger partial charge on any atom is 0.317 e. The number of rotatable bonds is 6. The number of carbonyl (C=O) groups is 2. The van der Waals surface area contributed by atoms with Crippen LogP contribution in [0.2, 0.25) is 0 Å². The molecular formula is C16H30N2O3. The van der Waals surface area contributed by atoms with Gasteiger partial charge in [0.15, 0.2) is 0 Å². The van der Waals surface area contributed by atoms with Crippen LogP contribution < -0.4 is 5.32 Å². The molecule has 0 aromatic heterocycles. The number of urea groups is 1. The Morgan fingerprint density at radius 3 is 2.19 bits per heavy atom. The Morgan fingerprint density at radius 1 is 1.19 bits per heavy atom. The Balaban J connectivity index is 2.68. The molecule has 0 radical (unpaired) electrons. The highest BCUT2D eigenvalue weighted by Gasteiger charge is 2.39. The lowest BCUT2D eigenvalue weighted by Crippen LogP contribution is -2.49. The van der Waals surface area contributed by atoms with Crippen molar-refractivity contribution in [3.05, 3.63) is 0 Å². The van der Waals surface area contributed by atoms with Gasteiger partial charge in [0.2, 0.25) is 0 Å². The number of hydrogen-bond donors (Lipinski definition) is 2. The highest BCUT2D eigenvalue weighted by molar-refractivity contribution is 5.78. The van der Waals surface area contributed by atoms with Crippen molar-refractivity contribution in [3.8, 4) is 0 Å². The molecule has 1 aliphatic rings. The second-order valence-corrected chi connectivity index (χ2v) is 6.20. The van der Waals surface area contributed by atoms with E-state index in [1.54, 1.807) is 4.90 Å². The van der Waals surface area contributed by atoms with Crippen molar-refractivity contribution < 1.29 is 14.7 Å². The number of carboxylic acid groups (broad SMARTS) is 1. The average Bonchev–Trinajstić information content (AvgIpc) is 2.72. The van der Waals surface area contributed by atoms with E-state index >= 15 is 0 Å². The standard InChI is InChI=1S/C16H30N2O3/c1-4-13(3)18(5-2)15(21)17-12-16(14(19)20)10-8-6-7-9-11-16/h13H,4-12H2,1-3H3,(H,17,21)(H,19,20). The Morgan fingerprint density at radius 2 is 1.76 bits per heavy atom. The second-order valence-electron chi connectivity index (χ2n) is 6.20. The predicted octanol–water partition coefficient (Wildman–Crippen LogP) is 3.24. The summed E-state index contributed by atoms with van der Waals surface area (Å²) >= 11 is 0. The first-order valence-corrected chi connectivity index (χ1v) is 8.24. The molecule has 0 spiro atoms. The van der Waals surface area contributed by atoms with Crippen molar-refractivity contribution in [1.29, 1.82) is 0 Å². The molecule has 0 bridgehead atoms. The fraction of sp³-hybridized carbons (Fsp3) is 0.875. The Hall–Kier alpha value is -1.26. The number of carboxylic acids is 1. The van der Waals surface area contributed by atoms with E-state index in [1.807, 2.05) is 20.8 Å². The maximum absolute atomic E-state index is 12.3. The summed E-state index contributed by atoms with van der Waals surface area (Å²) in [6.07, 6.45) is 6.28. The molecule has 21 heavy (non-hydrogen) atoms. The van der Waals surface area contributed by atoms with Crippen molar-refractivity contribution >= 4 is 12.0 Å². The monoisotopic (exact) mass is 298 g/mol. The third-order valence-electron chi connectivity index (χ3n) is 4.82. The van der Waals surface area contributed by atoms with Crippen molar-refractivity contribution in [1.82, 2.24) is 10.2 Å². The van der Waals surface area contributed by atoms with Gasteiger partial charge in [0.1, 0.15) is 0 Å². The predicted molar refractivity (Wildman–Crippen MR) is 83.3 cm³/mol. The van der Waals surface area contributed by atoms with Crippen LogP contribution in [-0.4, -0.2) is 41.1 Å². The van der Waals surface area contributed by atoms with E-state index in [-0.39, 0.29) is 18.6 Å². The molecule has 1 atom stereocenters. The van der Waals surface area contributed by atoms with E-state index in [0.717, 1.165) is 32.1 Å². The number of carbonyl (C=O) groups excluding carboxylic acids is 1. The molecule has 2 amide bonds. The Kier molecular flexibility index (Phi) is 6.99. The summed E-state index contributed by atoms with van der Waals surface area (Å²) in [5, 5.41) is 12.5. The number of hydrogen-bond acceptors (Lipinski definition) is 2. The van der Waals surface area contributed by atoms with Gasteiger partial charge < -0.3 is 15.3 Å². The fourth-order valence-corrected chi connectivity index (χ4v) is 3.09. The van der Waals surface area contributed by atoms with Crippen LogP contribution in [0.15, 0.2) is 0 Å². The van der Waals surface area contributed by atoms with Crippen LogP contribution >= 0.6 is 0 Å². The highest BCUT2D eigenvalue weighted by Crippen LogP contribution is 2.34. The van der Waals surface area contributed by atoms with E-state index in [1.165, 1.54) is 0 Å². The molecule has 1 rings (SSSR count). The van der Waals surface area contributed by atoms with E-state index in [4.69, 9.17) is 0 Å². The molecule has 0 heterocycles. The molecule has 0 aliphatic heterocycles. The van der Waals surface area contributed by atoms with Gasteiger partial charge in [-0.3, -0.25) is 4.79 Å². The largest absolute Gasteiger partial charge is 0.481 e. The summed E-state index contributed by atoms with van der Waals surface area (Å²) in [6.45, 7) is 6.89. The molecular weight excluding hydrogens is 268 g/mol. The van der Waals surface area contributed by atoms with Gasteiger partial charge in [-0.25, -0.2) is 4.79 Å². The first kappa shape index (κ1) is 17.8. The van der Waals surface area contributed by atoms with Gasteiger partial charge >= 0.3 is 12.0 Å². The van der Waals surface area contributed by atoms with Crippen molar-refractivity contribution in [2.45, 2.75) is 71.8 Å². The normalized spacial score (nSPS) is 19.4. The minimum Gasteiger partial charge on any atom is -0.481 e. The number of nitrogens with one attached hydrogen (secondary N) is 1. The van der Waals surface area contributed by atoms with E-state index in [2.05, 4.69) is 5.32 Å². The molecule has 1 aliphatic carbocycles. The van der Waals surface area contributed by atoms with Gasteiger partial charge in [-0.15, -0.1) is 0 Å². The second kappa shape index (κ2) is 8.25. The molecule has 1 unspecified atom stereocenters. The van der Waals surface area contributed by atoms with Crippen LogP contribution in [0.4, 0.5) is 4.79 Å². The first-order valence-electron chi connectivity index (χ1n) is 8.24. The van der Waals surface area contributed by atoms with Gasteiger partial charge in [-0.05, 0) is 33.1 Å². The van der Waals surface area contributed by atoms with Gasteiger partial charge in [0.05, 0.1) is 5.41 Å². The van der Waals surface area contributed by atoms with Gasteiger partial charge in [0.25, 0.3) is 0 Å². The lowest BCUT2D eigenvalue weighted by atomic mass is 9.80.